The van der Waals surface area contributed by atoms with E-state index in [0.29, 0.717) is 12.0 Å². The molecule has 0 bridgehead atoms. The molecule has 1 atom stereocenters. The van der Waals surface area contributed by atoms with Crippen molar-refractivity contribution >= 4 is 5.65 Å². The maximum Gasteiger partial charge on any atom is 0.137 e. The molecule has 0 aliphatic carbocycles. The quantitative estimate of drug-likeness (QED) is 0.877. The standard InChI is InChI=1S/C16H26N4/c1-12(2)14(11-19(4)5)17-10-15-13(3)18-16-8-6-7-9-20(15)16/h6-9,12,14,17H,10-11H2,1-5H3. The molecule has 2 aromatic heterocycles. The molecule has 0 spiro atoms. The third-order valence-corrected chi connectivity index (χ3v) is 3.73. The van der Waals surface area contributed by atoms with E-state index in [1.807, 2.05) is 6.07 Å². The van der Waals surface area contributed by atoms with Gasteiger partial charge in [-0.05, 0) is 39.1 Å². The predicted molar refractivity (Wildman–Crippen MR) is 83.9 cm³/mol. The zero-order valence-corrected chi connectivity index (χ0v) is 13.2. The predicted octanol–water partition coefficient (Wildman–Crippen LogP) is 2.32. The maximum absolute atomic E-state index is 4.61. The summed E-state index contributed by atoms with van der Waals surface area (Å²) in [5.74, 6) is 0.608. The molecule has 0 aromatic carbocycles. The van der Waals surface area contributed by atoms with E-state index in [4.69, 9.17) is 0 Å². The molecule has 0 aliphatic rings. The fraction of sp³-hybridized carbons (Fsp3) is 0.562. The van der Waals surface area contributed by atoms with E-state index < -0.39 is 0 Å². The molecule has 0 saturated heterocycles. The molecule has 20 heavy (non-hydrogen) atoms. The Morgan fingerprint density at radius 1 is 1.30 bits per heavy atom. The SMILES string of the molecule is Cc1nc2ccccn2c1CNC(CN(C)C)C(C)C. The van der Waals surface area contributed by atoms with Crippen LogP contribution in [-0.2, 0) is 6.54 Å². The minimum Gasteiger partial charge on any atom is -0.308 e. The summed E-state index contributed by atoms with van der Waals surface area (Å²) in [6.45, 7) is 8.52. The molecular formula is C16H26N4. The van der Waals surface area contributed by atoms with Crippen LogP contribution >= 0.6 is 0 Å². The normalized spacial score (nSPS) is 13.6. The van der Waals surface area contributed by atoms with Crippen LogP contribution in [0.2, 0.25) is 0 Å². The Balaban J connectivity index is 2.13. The molecule has 2 heterocycles. The molecule has 4 heteroatoms. The molecule has 0 fully saturated rings. The van der Waals surface area contributed by atoms with Crippen LogP contribution in [0.5, 0.6) is 0 Å². The van der Waals surface area contributed by atoms with E-state index in [0.717, 1.165) is 24.4 Å². The van der Waals surface area contributed by atoms with Gasteiger partial charge < -0.3 is 14.6 Å². The molecule has 1 N–H and O–H groups in total. The van der Waals surface area contributed by atoms with Crippen molar-refractivity contribution in [3.8, 4) is 0 Å². The number of likely N-dealkylation sites (N-methyl/N-ethyl adjacent to an activating group) is 1. The Hall–Kier alpha value is -1.39. The molecule has 0 radical (unpaired) electrons. The molecule has 2 aromatic rings. The minimum atomic E-state index is 0.485. The Bertz CT molecular complexity index is 557. The van der Waals surface area contributed by atoms with Gasteiger partial charge in [0.05, 0.1) is 11.4 Å². The second-order valence-corrected chi connectivity index (χ2v) is 6.07. The number of nitrogens with zero attached hydrogens (tertiary/aromatic N) is 3. The first kappa shape index (κ1) is 15.0. The number of pyridine rings is 1. The van der Waals surface area contributed by atoms with Gasteiger partial charge in [-0.25, -0.2) is 4.98 Å². The zero-order valence-electron chi connectivity index (χ0n) is 13.2. The first-order chi connectivity index (χ1) is 9.49. The minimum absolute atomic E-state index is 0.485. The smallest absolute Gasteiger partial charge is 0.137 e. The summed E-state index contributed by atoms with van der Waals surface area (Å²) in [4.78, 5) is 6.84. The molecule has 0 saturated carbocycles. The molecule has 0 amide bonds. The lowest BCUT2D eigenvalue weighted by Crippen LogP contribution is -2.41. The van der Waals surface area contributed by atoms with Crippen LogP contribution in [0.1, 0.15) is 25.2 Å². The summed E-state index contributed by atoms with van der Waals surface area (Å²) in [6, 6.07) is 6.62. The first-order valence-electron chi connectivity index (χ1n) is 7.29. The molecule has 0 aliphatic heterocycles. The van der Waals surface area contributed by atoms with Gasteiger partial charge >= 0.3 is 0 Å². The van der Waals surface area contributed by atoms with Gasteiger partial charge in [-0.2, -0.15) is 0 Å². The number of fused-ring (bicyclic) bond motifs is 1. The first-order valence-corrected chi connectivity index (χ1v) is 7.29. The van der Waals surface area contributed by atoms with E-state index in [2.05, 4.69) is 72.8 Å². The Kier molecular flexibility index (Phi) is 4.78. The summed E-state index contributed by atoms with van der Waals surface area (Å²) in [5.41, 5.74) is 3.39. The third kappa shape index (κ3) is 3.38. The fourth-order valence-corrected chi connectivity index (χ4v) is 2.51. The van der Waals surface area contributed by atoms with E-state index in [9.17, 15) is 0 Å². The van der Waals surface area contributed by atoms with E-state index in [-0.39, 0.29) is 0 Å². The number of nitrogens with one attached hydrogen (secondary N) is 1. The highest BCUT2D eigenvalue weighted by Gasteiger charge is 2.15. The molecule has 4 nitrogen and oxygen atoms in total. The second kappa shape index (κ2) is 6.37. The largest absolute Gasteiger partial charge is 0.308 e. The molecule has 1 unspecified atom stereocenters. The summed E-state index contributed by atoms with van der Waals surface area (Å²) in [5, 5.41) is 3.68. The van der Waals surface area contributed by atoms with Crippen molar-refractivity contribution in [1.82, 2.24) is 19.6 Å². The average molecular weight is 274 g/mol. The topological polar surface area (TPSA) is 32.6 Å². The molecular weight excluding hydrogens is 248 g/mol. The van der Waals surface area contributed by atoms with Gasteiger partial charge in [0.25, 0.3) is 0 Å². The summed E-state index contributed by atoms with van der Waals surface area (Å²) >= 11 is 0. The van der Waals surface area contributed by atoms with Gasteiger partial charge in [-0.1, -0.05) is 19.9 Å². The van der Waals surface area contributed by atoms with Crippen molar-refractivity contribution in [1.29, 1.82) is 0 Å². The van der Waals surface area contributed by atoms with Gasteiger partial charge in [0.15, 0.2) is 0 Å². The molecule has 2 rings (SSSR count). The monoisotopic (exact) mass is 274 g/mol. The van der Waals surface area contributed by atoms with Crippen LogP contribution in [-0.4, -0.2) is 41.0 Å². The van der Waals surface area contributed by atoms with Crippen LogP contribution in [0.15, 0.2) is 24.4 Å². The van der Waals surface area contributed by atoms with Gasteiger partial charge in [0.2, 0.25) is 0 Å². The highest BCUT2D eigenvalue weighted by atomic mass is 15.1. The van der Waals surface area contributed by atoms with Gasteiger partial charge in [-0.15, -0.1) is 0 Å². The second-order valence-electron chi connectivity index (χ2n) is 6.07. The summed E-state index contributed by atoms with van der Waals surface area (Å²) < 4.78 is 2.18. The van der Waals surface area contributed by atoms with Gasteiger partial charge in [0, 0.05) is 25.3 Å². The van der Waals surface area contributed by atoms with Crippen LogP contribution in [0.25, 0.3) is 5.65 Å². The van der Waals surface area contributed by atoms with Crippen molar-refractivity contribution in [3.05, 3.63) is 35.8 Å². The number of imidazole rings is 1. The van der Waals surface area contributed by atoms with E-state index >= 15 is 0 Å². The zero-order chi connectivity index (χ0) is 14.7. The summed E-state index contributed by atoms with van der Waals surface area (Å²) in [7, 11) is 4.24. The lowest BCUT2D eigenvalue weighted by atomic mass is 10.0. The van der Waals surface area contributed by atoms with E-state index in [1.165, 1.54) is 5.69 Å². The Morgan fingerprint density at radius 2 is 2.05 bits per heavy atom. The van der Waals surface area contributed by atoms with E-state index in [1.54, 1.807) is 0 Å². The van der Waals surface area contributed by atoms with Crippen LogP contribution in [0.3, 0.4) is 0 Å². The van der Waals surface area contributed by atoms with Crippen molar-refractivity contribution in [3.63, 3.8) is 0 Å². The Morgan fingerprint density at radius 3 is 2.70 bits per heavy atom. The number of hydrogen-bond acceptors (Lipinski definition) is 3. The lowest BCUT2D eigenvalue weighted by Gasteiger charge is -2.25. The molecule has 110 valence electrons. The van der Waals surface area contributed by atoms with Gasteiger partial charge in [-0.3, -0.25) is 0 Å². The number of aryl methyl sites for hydroxylation is 1. The number of aromatic nitrogens is 2. The van der Waals surface area contributed by atoms with Crippen molar-refractivity contribution < 1.29 is 0 Å². The van der Waals surface area contributed by atoms with Crippen LogP contribution in [0, 0.1) is 12.8 Å². The highest BCUT2D eigenvalue weighted by molar-refractivity contribution is 5.42. The highest BCUT2D eigenvalue weighted by Crippen LogP contribution is 2.12. The van der Waals surface area contributed by atoms with Crippen LogP contribution in [0.4, 0.5) is 0 Å². The van der Waals surface area contributed by atoms with Crippen molar-refractivity contribution in [2.24, 2.45) is 5.92 Å². The van der Waals surface area contributed by atoms with Gasteiger partial charge in [0.1, 0.15) is 5.65 Å². The lowest BCUT2D eigenvalue weighted by molar-refractivity contribution is 0.287. The van der Waals surface area contributed by atoms with Crippen LogP contribution < -0.4 is 5.32 Å². The maximum atomic E-state index is 4.61. The number of hydrogen-bond donors (Lipinski definition) is 1. The van der Waals surface area contributed by atoms with Crippen molar-refractivity contribution in [2.75, 3.05) is 20.6 Å². The Labute approximate surface area is 121 Å². The third-order valence-electron chi connectivity index (χ3n) is 3.73. The fourth-order valence-electron chi connectivity index (χ4n) is 2.51. The van der Waals surface area contributed by atoms with Crippen molar-refractivity contribution in [2.45, 2.75) is 33.4 Å². The summed E-state index contributed by atoms with van der Waals surface area (Å²) in [6.07, 6.45) is 2.09. The number of rotatable bonds is 6. The average Bonchev–Trinajstić information content (AvgIpc) is 2.69.